The summed E-state index contributed by atoms with van der Waals surface area (Å²) in [5.41, 5.74) is 6.34. The van der Waals surface area contributed by atoms with E-state index in [9.17, 15) is 0 Å². The van der Waals surface area contributed by atoms with Gasteiger partial charge in [0.25, 0.3) is 0 Å². The number of nitrogens with one attached hydrogen (secondary N) is 1. The third-order valence-corrected chi connectivity index (χ3v) is 5.17. The van der Waals surface area contributed by atoms with Crippen LogP contribution in [-0.4, -0.2) is 47.0 Å². The Morgan fingerprint density at radius 3 is 2.75 bits per heavy atom. The molecule has 4 rings (SSSR count). The summed E-state index contributed by atoms with van der Waals surface area (Å²) >= 11 is 0. The molecule has 3 heterocycles. The number of fused-ring (bicyclic) bond motifs is 2. The normalized spacial score (nSPS) is 13.3. The highest BCUT2D eigenvalue weighted by atomic mass is 15.1. The second kappa shape index (κ2) is 10.3. The zero-order chi connectivity index (χ0) is 19.8. The van der Waals surface area contributed by atoms with Crippen LogP contribution in [0.1, 0.15) is 41.9 Å². The van der Waals surface area contributed by atoms with Gasteiger partial charge in [0.15, 0.2) is 0 Å². The molecule has 5 heteroatoms. The molecule has 28 heavy (non-hydrogen) atoms. The Hall–Kier alpha value is -2.24. The van der Waals surface area contributed by atoms with Gasteiger partial charge in [-0.1, -0.05) is 12.1 Å². The first-order valence-electron chi connectivity index (χ1n) is 10.4. The van der Waals surface area contributed by atoms with Gasteiger partial charge in [-0.25, -0.2) is 4.98 Å². The van der Waals surface area contributed by atoms with E-state index < -0.39 is 0 Å². The molecule has 0 atom stereocenters. The van der Waals surface area contributed by atoms with Gasteiger partial charge in [-0.3, -0.25) is 4.98 Å². The number of aromatic nitrogens is 3. The monoisotopic (exact) mass is 379 g/mol. The van der Waals surface area contributed by atoms with Crippen molar-refractivity contribution in [3.63, 3.8) is 0 Å². The van der Waals surface area contributed by atoms with Gasteiger partial charge < -0.3 is 14.6 Å². The Kier molecular flexibility index (Phi) is 7.57. The third-order valence-electron chi connectivity index (χ3n) is 5.17. The molecule has 0 spiro atoms. The van der Waals surface area contributed by atoms with Gasteiger partial charge in [-0.2, -0.15) is 0 Å². The molecule has 0 amide bonds. The average Bonchev–Trinajstić information content (AvgIpc) is 3.06. The fourth-order valence-corrected chi connectivity index (χ4v) is 3.76. The quantitative estimate of drug-likeness (QED) is 0.712. The SMILES string of the molecule is CNCc1nc2ccccn2c1CCCN(C)C.c1cnc2c(c1)CCCC2. The Morgan fingerprint density at radius 1 is 1.11 bits per heavy atom. The molecule has 0 radical (unpaired) electrons. The molecule has 0 unspecified atom stereocenters. The van der Waals surface area contributed by atoms with Crippen molar-refractivity contribution in [3.05, 3.63) is 65.4 Å². The molecule has 0 aromatic carbocycles. The van der Waals surface area contributed by atoms with Crippen molar-refractivity contribution in [2.45, 2.75) is 45.1 Å². The maximum atomic E-state index is 4.69. The van der Waals surface area contributed by atoms with E-state index in [1.165, 1.54) is 48.3 Å². The summed E-state index contributed by atoms with van der Waals surface area (Å²) < 4.78 is 2.21. The molecule has 5 nitrogen and oxygen atoms in total. The molecule has 0 saturated carbocycles. The van der Waals surface area contributed by atoms with Gasteiger partial charge in [0, 0.05) is 30.3 Å². The van der Waals surface area contributed by atoms with Crippen molar-refractivity contribution in [2.75, 3.05) is 27.7 Å². The van der Waals surface area contributed by atoms with Crippen molar-refractivity contribution in [1.29, 1.82) is 0 Å². The molecule has 1 N–H and O–H groups in total. The summed E-state index contributed by atoms with van der Waals surface area (Å²) in [6.45, 7) is 1.94. The number of aryl methyl sites for hydroxylation is 3. The first-order valence-corrected chi connectivity index (χ1v) is 10.4. The van der Waals surface area contributed by atoms with Crippen molar-refractivity contribution in [2.24, 2.45) is 0 Å². The van der Waals surface area contributed by atoms with Crippen LogP contribution in [0, 0.1) is 0 Å². The first-order chi connectivity index (χ1) is 13.7. The standard InChI is InChI=1S/C14H22N4.C9H11N/c1-15-11-12-13(7-6-9-17(2)3)18-10-5-4-8-14(18)16-12;1-2-6-9-8(4-1)5-3-7-10-9/h4-5,8,10,15H,6-7,9,11H2,1-3H3;3,5,7H,1-2,4,6H2. The summed E-state index contributed by atoms with van der Waals surface area (Å²) in [6.07, 6.45) is 11.3. The van der Waals surface area contributed by atoms with Crippen LogP contribution < -0.4 is 5.32 Å². The van der Waals surface area contributed by atoms with Gasteiger partial charge in [0.05, 0.1) is 5.69 Å². The van der Waals surface area contributed by atoms with E-state index >= 15 is 0 Å². The highest BCUT2D eigenvalue weighted by Crippen LogP contribution is 2.17. The van der Waals surface area contributed by atoms with Crippen LogP contribution in [0.15, 0.2) is 42.7 Å². The molecular weight excluding hydrogens is 346 g/mol. The minimum atomic E-state index is 0.832. The Labute approximate surface area is 168 Å². The number of pyridine rings is 2. The summed E-state index contributed by atoms with van der Waals surface area (Å²) in [5.74, 6) is 0. The summed E-state index contributed by atoms with van der Waals surface area (Å²) in [7, 11) is 6.19. The highest BCUT2D eigenvalue weighted by molar-refractivity contribution is 5.43. The Balaban J connectivity index is 0.000000188. The van der Waals surface area contributed by atoms with Crippen LogP contribution >= 0.6 is 0 Å². The maximum Gasteiger partial charge on any atom is 0.137 e. The number of rotatable bonds is 6. The zero-order valence-electron chi connectivity index (χ0n) is 17.5. The molecule has 3 aromatic heterocycles. The second-order valence-electron chi connectivity index (χ2n) is 7.69. The molecule has 0 aliphatic heterocycles. The molecule has 0 bridgehead atoms. The average molecular weight is 380 g/mol. The zero-order valence-corrected chi connectivity index (χ0v) is 17.5. The molecule has 0 saturated heterocycles. The molecule has 1 aliphatic rings. The highest BCUT2D eigenvalue weighted by Gasteiger charge is 2.10. The number of hydrogen-bond acceptors (Lipinski definition) is 4. The smallest absolute Gasteiger partial charge is 0.137 e. The van der Waals surface area contributed by atoms with Crippen molar-refractivity contribution >= 4 is 5.65 Å². The van der Waals surface area contributed by atoms with Crippen molar-refractivity contribution < 1.29 is 0 Å². The van der Waals surface area contributed by atoms with Crippen LogP contribution in [0.5, 0.6) is 0 Å². The van der Waals surface area contributed by atoms with Crippen molar-refractivity contribution in [3.8, 4) is 0 Å². The van der Waals surface area contributed by atoms with Gasteiger partial charge in [0.1, 0.15) is 5.65 Å². The van der Waals surface area contributed by atoms with Crippen LogP contribution in [0.3, 0.4) is 0 Å². The molecular formula is C23H33N5. The van der Waals surface area contributed by atoms with Crippen LogP contribution in [0.2, 0.25) is 0 Å². The topological polar surface area (TPSA) is 45.5 Å². The van der Waals surface area contributed by atoms with Crippen LogP contribution in [-0.2, 0) is 25.8 Å². The number of imidazole rings is 1. The van der Waals surface area contributed by atoms with E-state index in [1.54, 1.807) is 0 Å². The van der Waals surface area contributed by atoms with Crippen molar-refractivity contribution in [1.82, 2.24) is 24.6 Å². The van der Waals surface area contributed by atoms with Gasteiger partial charge in [0.2, 0.25) is 0 Å². The van der Waals surface area contributed by atoms with Gasteiger partial charge in [-0.05, 0) is 90.0 Å². The molecule has 1 aliphatic carbocycles. The lowest BCUT2D eigenvalue weighted by Crippen LogP contribution is -2.15. The number of hydrogen-bond donors (Lipinski definition) is 1. The lowest BCUT2D eigenvalue weighted by molar-refractivity contribution is 0.399. The fraction of sp³-hybridized carbons (Fsp3) is 0.478. The Morgan fingerprint density at radius 2 is 1.96 bits per heavy atom. The second-order valence-corrected chi connectivity index (χ2v) is 7.69. The predicted molar refractivity (Wildman–Crippen MR) is 116 cm³/mol. The minimum absolute atomic E-state index is 0.832. The van der Waals surface area contributed by atoms with Crippen LogP contribution in [0.4, 0.5) is 0 Å². The van der Waals surface area contributed by atoms with E-state index in [0.29, 0.717) is 0 Å². The largest absolute Gasteiger partial charge is 0.314 e. The van der Waals surface area contributed by atoms with Crippen LogP contribution in [0.25, 0.3) is 5.65 Å². The van der Waals surface area contributed by atoms with E-state index in [-0.39, 0.29) is 0 Å². The summed E-state index contributed by atoms with van der Waals surface area (Å²) in [4.78, 5) is 11.2. The first kappa shape index (κ1) is 20.5. The van der Waals surface area contributed by atoms with E-state index in [0.717, 1.165) is 31.6 Å². The van der Waals surface area contributed by atoms with E-state index in [4.69, 9.17) is 0 Å². The summed E-state index contributed by atoms with van der Waals surface area (Å²) in [5, 5.41) is 3.20. The number of nitrogens with zero attached hydrogens (tertiary/aromatic N) is 4. The van der Waals surface area contributed by atoms with E-state index in [2.05, 4.69) is 63.1 Å². The maximum absolute atomic E-state index is 4.69. The third kappa shape index (κ3) is 5.40. The predicted octanol–water partition coefficient (Wildman–Crippen LogP) is 3.51. The molecule has 3 aromatic rings. The van der Waals surface area contributed by atoms with Gasteiger partial charge in [-0.15, -0.1) is 0 Å². The molecule has 150 valence electrons. The Bertz CT molecular complexity index is 843. The lowest BCUT2D eigenvalue weighted by atomic mass is 9.96. The fourth-order valence-electron chi connectivity index (χ4n) is 3.76. The minimum Gasteiger partial charge on any atom is -0.314 e. The van der Waals surface area contributed by atoms with E-state index in [1.807, 2.05) is 25.4 Å². The lowest BCUT2D eigenvalue weighted by Gasteiger charge is -2.12. The van der Waals surface area contributed by atoms with Gasteiger partial charge >= 0.3 is 0 Å². The summed E-state index contributed by atoms with van der Waals surface area (Å²) in [6, 6.07) is 10.4. The molecule has 0 fully saturated rings.